The van der Waals surface area contributed by atoms with Crippen LogP contribution in [-0.4, -0.2) is 42.6 Å². The maximum Gasteiger partial charge on any atom is 0.0505 e. The normalized spacial score (nSPS) is 14.1. The molecule has 0 aromatic carbocycles. The van der Waals surface area contributed by atoms with Crippen molar-refractivity contribution in [3.8, 4) is 0 Å². The summed E-state index contributed by atoms with van der Waals surface area (Å²) in [5.41, 5.74) is 0.637. The molecular formula is C15H34N2. The van der Waals surface area contributed by atoms with E-state index in [0.717, 1.165) is 19.1 Å². The van der Waals surface area contributed by atoms with Crippen LogP contribution >= 0.6 is 0 Å². The second-order valence-electron chi connectivity index (χ2n) is 7.82. The summed E-state index contributed by atoms with van der Waals surface area (Å²) in [4.78, 5) is 4.88. The summed E-state index contributed by atoms with van der Waals surface area (Å²) >= 11 is 0. The molecule has 0 aromatic rings. The quantitative estimate of drug-likeness (QED) is 0.656. The van der Waals surface area contributed by atoms with Crippen LogP contribution in [0.25, 0.3) is 0 Å². The highest BCUT2D eigenvalue weighted by molar-refractivity contribution is 4.84. The van der Waals surface area contributed by atoms with Crippen LogP contribution < -0.4 is 0 Å². The average molecular weight is 242 g/mol. The lowest BCUT2D eigenvalue weighted by atomic mass is 9.81. The first-order chi connectivity index (χ1) is 7.44. The zero-order valence-electron chi connectivity index (χ0n) is 13.6. The third-order valence-electron chi connectivity index (χ3n) is 3.13. The lowest BCUT2D eigenvalue weighted by Crippen LogP contribution is -2.48. The van der Waals surface area contributed by atoms with E-state index in [0.29, 0.717) is 5.41 Å². The van der Waals surface area contributed by atoms with Gasteiger partial charge in [0, 0.05) is 12.1 Å². The van der Waals surface area contributed by atoms with E-state index in [2.05, 4.69) is 72.4 Å². The van der Waals surface area contributed by atoms with Crippen LogP contribution in [0.1, 0.15) is 54.9 Å². The molecule has 0 fully saturated rings. The van der Waals surface area contributed by atoms with Crippen LogP contribution in [-0.2, 0) is 0 Å². The van der Waals surface area contributed by atoms with Crippen molar-refractivity contribution in [3.63, 3.8) is 0 Å². The predicted octanol–water partition coefficient (Wildman–Crippen LogP) is 3.68. The summed E-state index contributed by atoms with van der Waals surface area (Å²) in [6.45, 7) is 18.4. The van der Waals surface area contributed by atoms with Gasteiger partial charge in [0.25, 0.3) is 0 Å². The van der Waals surface area contributed by atoms with Gasteiger partial charge in [-0.3, -0.25) is 9.80 Å². The molecule has 0 saturated heterocycles. The van der Waals surface area contributed by atoms with Gasteiger partial charge in [-0.1, -0.05) is 34.6 Å². The molecule has 0 atom stereocenters. The van der Waals surface area contributed by atoms with Crippen LogP contribution in [0.5, 0.6) is 0 Å². The minimum atomic E-state index is 0.253. The fraction of sp³-hybridized carbons (Fsp3) is 1.00. The minimum Gasteiger partial charge on any atom is -0.293 e. The van der Waals surface area contributed by atoms with Crippen molar-refractivity contribution in [1.82, 2.24) is 9.80 Å². The van der Waals surface area contributed by atoms with E-state index in [1.54, 1.807) is 0 Å². The van der Waals surface area contributed by atoms with E-state index in [9.17, 15) is 0 Å². The lowest BCUT2D eigenvalue weighted by Gasteiger charge is -2.42. The van der Waals surface area contributed by atoms with Crippen LogP contribution in [0, 0.1) is 11.3 Å². The maximum absolute atomic E-state index is 2.47. The topological polar surface area (TPSA) is 6.48 Å². The van der Waals surface area contributed by atoms with Gasteiger partial charge in [-0.15, -0.1) is 0 Å². The Labute approximate surface area is 109 Å². The van der Waals surface area contributed by atoms with E-state index in [1.165, 1.54) is 6.42 Å². The molecule has 0 amide bonds. The SMILES string of the molecule is CC(C)CN(C)CN(C)C(C)(C)CC(C)(C)C. The molecule has 0 rings (SSSR count). The van der Waals surface area contributed by atoms with Gasteiger partial charge in [-0.05, 0) is 45.7 Å². The highest BCUT2D eigenvalue weighted by atomic mass is 15.3. The van der Waals surface area contributed by atoms with Gasteiger partial charge in [0.2, 0.25) is 0 Å². The molecule has 104 valence electrons. The van der Waals surface area contributed by atoms with E-state index in [-0.39, 0.29) is 5.54 Å². The Balaban J connectivity index is 4.33. The third kappa shape index (κ3) is 7.77. The van der Waals surface area contributed by atoms with Gasteiger partial charge in [-0.2, -0.15) is 0 Å². The molecule has 0 aliphatic rings. The first kappa shape index (κ1) is 16.9. The molecule has 0 saturated carbocycles. The zero-order chi connectivity index (χ0) is 13.9. The molecule has 2 nitrogen and oxygen atoms in total. The summed E-state index contributed by atoms with van der Waals surface area (Å²) in [5, 5.41) is 0. The second-order valence-corrected chi connectivity index (χ2v) is 7.82. The smallest absolute Gasteiger partial charge is 0.0505 e. The molecule has 0 aliphatic heterocycles. The molecule has 17 heavy (non-hydrogen) atoms. The third-order valence-corrected chi connectivity index (χ3v) is 3.13. The molecule has 0 aliphatic carbocycles. The highest BCUT2D eigenvalue weighted by Crippen LogP contribution is 2.30. The van der Waals surface area contributed by atoms with Gasteiger partial charge >= 0.3 is 0 Å². The number of hydrogen-bond acceptors (Lipinski definition) is 2. The van der Waals surface area contributed by atoms with Gasteiger partial charge in [0.15, 0.2) is 0 Å². The van der Waals surface area contributed by atoms with Crippen LogP contribution in [0.15, 0.2) is 0 Å². The summed E-state index contributed by atoms with van der Waals surface area (Å²) in [6.07, 6.45) is 1.21. The van der Waals surface area contributed by atoms with Crippen molar-refractivity contribution in [2.75, 3.05) is 27.3 Å². The van der Waals surface area contributed by atoms with Gasteiger partial charge < -0.3 is 0 Å². The van der Waals surface area contributed by atoms with E-state index in [1.807, 2.05) is 0 Å². The molecule has 0 aromatic heterocycles. The lowest BCUT2D eigenvalue weighted by molar-refractivity contribution is 0.0509. The van der Waals surface area contributed by atoms with Crippen LogP contribution in [0.2, 0.25) is 0 Å². The van der Waals surface area contributed by atoms with E-state index in [4.69, 9.17) is 0 Å². The van der Waals surface area contributed by atoms with Gasteiger partial charge in [-0.25, -0.2) is 0 Å². The van der Waals surface area contributed by atoms with Gasteiger partial charge in [0.1, 0.15) is 0 Å². The largest absolute Gasteiger partial charge is 0.293 e. The standard InChI is InChI=1S/C15H34N2/c1-13(2)10-16(8)12-17(9)15(6,7)11-14(3,4)5/h13H,10-12H2,1-9H3. The Morgan fingerprint density at radius 2 is 1.41 bits per heavy atom. The molecule has 0 heterocycles. The Bertz CT molecular complexity index is 213. The average Bonchev–Trinajstić information content (AvgIpc) is 1.96. The molecule has 2 heteroatoms. The molecule has 0 radical (unpaired) electrons. The highest BCUT2D eigenvalue weighted by Gasteiger charge is 2.29. The van der Waals surface area contributed by atoms with E-state index < -0.39 is 0 Å². The first-order valence-electron chi connectivity index (χ1n) is 6.84. The Kier molecular flexibility index (Phi) is 6.16. The van der Waals surface area contributed by atoms with Crippen molar-refractivity contribution >= 4 is 0 Å². The van der Waals surface area contributed by atoms with E-state index >= 15 is 0 Å². The summed E-state index contributed by atoms with van der Waals surface area (Å²) in [7, 11) is 4.45. The number of rotatable bonds is 6. The predicted molar refractivity (Wildman–Crippen MR) is 78.2 cm³/mol. The van der Waals surface area contributed by atoms with Crippen molar-refractivity contribution < 1.29 is 0 Å². The van der Waals surface area contributed by atoms with Crippen molar-refractivity contribution in [2.24, 2.45) is 11.3 Å². The number of nitrogens with zero attached hydrogens (tertiary/aromatic N) is 2. The summed E-state index contributed by atoms with van der Waals surface area (Å²) in [6, 6.07) is 0. The molecular weight excluding hydrogens is 208 g/mol. The molecule has 0 spiro atoms. The first-order valence-corrected chi connectivity index (χ1v) is 6.84. The monoisotopic (exact) mass is 242 g/mol. The van der Waals surface area contributed by atoms with Crippen LogP contribution in [0.4, 0.5) is 0 Å². The van der Waals surface area contributed by atoms with Crippen LogP contribution in [0.3, 0.4) is 0 Å². The molecule has 0 N–H and O–H groups in total. The van der Waals surface area contributed by atoms with Crippen molar-refractivity contribution in [2.45, 2.75) is 60.4 Å². The zero-order valence-corrected chi connectivity index (χ0v) is 13.6. The van der Waals surface area contributed by atoms with Crippen molar-refractivity contribution in [3.05, 3.63) is 0 Å². The Hall–Kier alpha value is -0.0800. The van der Waals surface area contributed by atoms with Gasteiger partial charge in [0.05, 0.1) is 6.67 Å². The molecule has 0 unspecified atom stereocenters. The molecule has 0 bridgehead atoms. The Morgan fingerprint density at radius 1 is 0.941 bits per heavy atom. The fourth-order valence-corrected chi connectivity index (χ4v) is 2.67. The minimum absolute atomic E-state index is 0.253. The second kappa shape index (κ2) is 6.19. The number of hydrogen-bond donors (Lipinski definition) is 0. The fourth-order valence-electron chi connectivity index (χ4n) is 2.67. The summed E-state index contributed by atoms with van der Waals surface area (Å²) in [5.74, 6) is 0.735. The van der Waals surface area contributed by atoms with Crippen molar-refractivity contribution in [1.29, 1.82) is 0 Å². The Morgan fingerprint density at radius 3 is 1.76 bits per heavy atom. The maximum atomic E-state index is 2.47. The summed E-state index contributed by atoms with van der Waals surface area (Å²) < 4.78 is 0.